The number of carbonyl (C=O) groups is 1. The number of amides is 1. The third kappa shape index (κ3) is 4.93. The number of allylic oxidation sites excluding steroid dienone is 1. The third-order valence-corrected chi connectivity index (χ3v) is 7.38. The molecular formula is C26H38N4O4. The van der Waals surface area contributed by atoms with Crippen molar-refractivity contribution in [2.75, 3.05) is 39.3 Å². The number of nitrogens with zero attached hydrogens (tertiary/aromatic N) is 3. The van der Waals surface area contributed by atoms with Crippen LogP contribution in [0.3, 0.4) is 0 Å². The number of rotatable bonds is 6. The van der Waals surface area contributed by atoms with Gasteiger partial charge in [-0.25, -0.2) is 4.79 Å². The second-order valence-corrected chi connectivity index (χ2v) is 9.63. The van der Waals surface area contributed by atoms with Crippen molar-refractivity contribution in [3.8, 4) is 5.75 Å². The number of piperidine rings is 1. The average molecular weight is 471 g/mol. The molecule has 8 heteroatoms. The lowest BCUT2D eigenvalue weighted by Crippen LogP contribution is -2.45. The van der Waals surface area contributed by atoms with Gasteiger partial charge in [-0.3, -0.25) is 9.89 Å². The highest BCUT2D eigenvalue weighted by Crippen LogP contribution is 2.43. The summed E-state index contributed by atoms with van der Waals surface area (Å²) >= 11 is 0. The molecule has 2 fully saturated rings. The smallest absolute Gasteiger partial charge is 0.414 e. The maximum atomic E-state index is 12.6. The summed E-state index contributed by atoms with van der Waals surface area (Å²) in [6.45, 7) is 3.89. The highest BCUT2D eigenvalue weighted by molar-refractivity contribution is 6.11. The van der Waals surface area contributed by atoms with Gasteiger partial charge in [0.1, 0.15) is 5.75 Å². The number of aliphatic imine (C=N–C) groups is 1. The summed E-state index contributed by atoms with van der Waals surface area (Å²) in [6, 6.07) is 4.12. The van der Waals surface area contributed by atoms with E-state index in [0.717, 1.165) is 73.3 Å². The first-order valence-electron chi connectivity index (χ1n) is 12.3. The molecule has 0 radical (unpaired) electrons. The molecule has 1 saturated carbocycles. The zero-order valence-electron chi connectivity index (χ0n) is 20.8. The molecule has 1 aromatic carbocycles. The number of hydrogen-bond donors (Lipinski definition) is 1. The van der Waals surface area contributed by atoms with Gasteiger partial charge in [0.25, 0.3) is 0 Å². The van der Waals surface area contributed by atoms with Gasteiger partial charge in [-0.1, -0.05) is 0 Å². The van der Waals surface area contributed by atoms with Gasteiger partial charge in [0.05, 0.1) is 31.0 Å². The summed E-state index contributed by atoms with van der Waals surface area (Å²) in [5.41, 5.74) is 9.74. The molecule has 34 heavy (non-hydrogen) atoms. The van der Waals surface area contributed by atoms with Crippen LogP contribution in [0.1, 0.15) is 50.2 Å². The molecule has 1 aromatic rings. The number of likely N-dealkylation sites (tertiary alicyclic amines) is 1. The zero-order valence-corrected chi connectivity index (χ0v) is 20.8. The SMILES string of the molecule is COC(=O)N1c2ccc(C(C=NC3CCN(C)CC3OC)=CN)c(OC3CCC3)c2CC[C@@H]1C. The molecule has 0 bridgehead atoms. The molecule has 186 valence electrons. The Kier molecular flexibility index (Phi) is 7.78. The monoisotopic (exact) mass is 470 g/mol. The van der Waals surface area contributed by atoms with Gasteiger partial charge in [0.15, 0.2) is 0 Å². The van der Waals surface area contributed by atoms with Crippen molar-refractivity contribution in [1.82, 2.24) is 4.90 Å². The standard InChI is InChI=1S/C26H38N4O4/c1-17-8-9-21-23(30(17)26(31)33-4)11-10-20(25(21)34-19-6-5-7-19)18(14-27)15-28-22-12-13-29(2)16-24(22)32-3/h10-11,14-15,17,19,22,24H,5-9,12-13,16,27H2,1-4H3/t17-,22?,24?/m0/s1. The Morgan fingerprint density at radius 3 is 2.65 bits per heavy atom. The Morgan fingerprint density at radius 1 is 1.21 bits per heavy atom. The van der Waals surface area contributed by atoms with Gasteiger partial charge in [0.2, 0.25) is 0 Å². The molecule has 0 spiro atoms. The molecule has 2 aliphatic heterocycles. The minimum absolute atomic E-state index is 0.0540. The number of anilines is 1. The molecular weight excluding hydrogens is 432 g/mol. The van der Waals surface area contributed by atoms with Crippen LogP contribution < -0.4 is 15.4 Å². The van der Waals surface area contributed by atoms with E-state index in [4.69, 9.17) is 24.9 Å². The van der Waals surface area contributed by atoms with Crippen molar-refractivity contribution in [2.45, 2.75) is 69.7 Å². The Labute approximate surface area is 202 Å². The molecule has 2 N–H and O–H groups in total. The lowest BCUT2D eigenvalue weighted by Gasteiger charge is -2.37. The fraction of sp³-hybridized carbons (Fsp3) is 0.615. The van der Waals surface area contributed by atoms with Crippen molar-refractivity contribution in [3.63, 3.8) is 0 Å². The van der Waals surface area contributed by atoms with Gasteiger partial charge in [0, 0.05) is 55.4 Å². The van der Waals surface area contributed by atoms with Crippen LogP contribution in [0.2, 0.25) is 0 Å². The lowest BCUT2D eigenvalue weighted by atomic mass is 9.91. The number of ether oxygens (including phenoxy) is 3. The number of fused-ring (bicyclic) bond motifs is 1. The van der Waals surface area contributed by atoms with E-state index in [-0.39, 0.29) is 30.4 Å². The summed E-state index contributed by atoms with van der Waals surface area (Å²) < 4.78 is 17.3. The van der Waals surface area contributed by atoms with E-state index in [9.17, 15) is 4.79 Å². The maximum absolute atomic E-state index is 12.6. The number of nitrogens with two attached hydrogens (primary N) is 1. The summed E-state index contributed by atoms with van der Waals surface area (Å²) in [7, 11) is 5.27. The molecule has 3 aliphatic rings. The first-order chi connectivity index (χ1) is 16.5. The van der Waals surface area contributed by atoms with Crippen molar-refractivity contribution >= 4 is 23.6 Å². The summed E-state index contributed by atoms with van der Waals surface area (Å²) in [5, 5.41) is 0. The molecule has 1 amide bonds. The second kappa shape index (κ2) is 10.8. The third-order valence-electron chi connectivity index (χ3n) is 7.38. The summed E-state index contributed by atoms with van der Waals surface area (Å²) in [5.74, 6) is 0.817. The zero-order chi connectivity index (χ0) is 24.2. The predicted octanol–water partition coefficient (Wildman–Crippen LogP) is 3.61. The minimum Gasteiger partial charge on any atom is -0.489 e. The van der Waals surface area contributed by atoms with Crippen LogP contribution in [0.5, 0.6) is 5.75 Å². The van der Waals surface area contributed by atoms with E-state index in [2.05, 4.69) is 11.9 Å². The molecule has 8 nitrogen and oxygen atoms in total. The molecule has 1 saturated heterocycles. The number of likely N-dealkylation sites (N-methyl/N-ethyl adjacent to an activating group) is 1. The lowest BCUT2D eigenvalue weighted by molar-refractivity contribution is 0.0265. The number of carbonyl (C=O) groups excluding carboxylic acids is 1. The molecule has 2 heterocycles. The minimum atomic E-state index is -0.347. The Hall–Kier alpha value is -2.58. The Morgan fingerprint density at radius 2 is 2.00 bits per heavy atom. The van der Waals surface area contributed by atoms with Crippen molar-refractivity contribution in [2.24, 2.45) is 10.7 Å². The van der Waals surface area contributed by atoms with Crippen molar-refractivity contribution in [1.29, 1.82) is 0 Å². The number of benzene rings is 1. The van der Waals surface area contributed by atoms with Crippen LogP contribution in [0, 0.1) is 0 Å². The Balaban J connectivity index is 1.69. The quantitative estimate of drug-likeness (QED) is 0.639. The average Bonchev–Trinajstić information content (AvgIpc) is 2.82. The second-order valence-electron chi connectivity index (χ2n) is 9.63. The van der Waals surface area contributed by atoms with E-state index in [1.54, 1.807) is 18.2 Å². The van der Waals surface area contributed by atoms with Crippen LogP contribution in [-0.2, 0) is 15.9 Å². The highest BCUT2D eigenvalue weighted by Gasteiger charge is 2.34. The fourth-order valence-electron chi connectivity index (χ4n) is 5.04. The van der Waals surface area contributed by atoms with Crippen LogP contribution in [-0.4, -0.2) is 75.9 Å². The largest absolute Gasteiger partial charge is 0.489 e. The van der Waals surface area contributed by atoms with Crippen LogP contribution in [0.15, 0.2) is 23.3 Å². The van der Waals surface area contributed by atoms with E-state index in [1.165, 1.54) is 13.5 Å². The van der Waals surface area contributed by atoms with E-state index >= 15 is 0 Å². The number of hydrogen-bond acceptors (Lipinski definition) is 7. The molecule has 1 aliphatic carbocycles. The van der Waals surface area contributed by atoms with Crippen molar-refractivity contribution < 1.29 is 19.0 Å². The maximum Gasteiger partial charge on any atom is 0.414 e. The van der Waals surface area contributed by atoms with Gasteiger partial charge in [-0.15, -0.1) is 0 Å². The van der Waals surface area contributed by atoms with Gasteiger partial charge in [-0.2, -0.15) is 0 Å². The summed E-state index contributed by atoms with van der Waals surface area (Å²) in [6.07, 6.45) is 9.23. The van der Waals surface area contributed by atoms with Gasteiger partial charge in [-0.05, 0) is 64.6 Å². The predicted molar refractivity (Wildman–Crippen MR) is 135 cm³/mol. The first-order valence-corrected chi connectivity index (χ1v) is 12.3. The van der Waals surface area contributed by atoms with Gasteiger partial charge >= 0.3 is 6.09 Å². The van der Waals surface area contributed by atoms with Gasteiger partial charge < -0.3 is 24.8 Å². The molecule has 2 unspecified atom stereocenters. The Bertz CT molecular complexity index is 943. The van der Waals surface area contributed by atoms with Crippen LogP contribution >= 0.6 is 0 Å². The molecule has 0 aromatic heterocycles. The molecule has 4 rings (SSSR count). The summed E-state index contributed by atoms with van der Waals surface area (Å²) in [4.78, 5) is 21.5. The fourth-order valence-corrected chi connectivity index (χ4v) is 5.04. The topological polar surface area (TPSA) is 89.6 Å². The van der Waals surface area contributed by atoms with E-state index in [0.29, 0.717) is 0 Å². The van der Waals surface area contributed by atoms with Crippen LogP contribution in [0.25, 0.3) is 5.57 Å². The van der Waals surface area contributed by atoms with Crippen LogP contribution in [0.4, 0.5) is 10.5 Å². The van der Waals surface area contributed by atoms with E-state index in [1.807, 2.05) is 25.3 Å². The molecule has 3 atom stereocenters. The normalized spacial score (nSPS) is 26.3. The van der Waals surface area contributed by atoms with E-state index < -0.39 is 0 Å². The first kappa shape index (κ1) is 24.5. The number of methoxy groups -OCH3 is 2. The van der Waals surface area contributed by atoms with Crippen molar-refractivity contribution in [3.05, 3.63) is 29.5 Å². The highest BCUT2D eigenvalue weighted by atomic mass is 16.5.